The van der Waals surface area contributed by atoms with E-state index >= 15 is 0 Å². The molecule has 1 aromatic carbocycles. The third kappa shape index (κ3) is 2.68. The molecule has 0 radical (unpaired) electrons. The molecule has 0 saturated heterocycles. The zero-order chi connectivity index (χ0) is 18.6. The Labute approximate surface area is 165 Å². The van der Waals surface area contributed by atoms with Gasteiger partial charge in [0.2, 0.25) is 0 Å². The van der Waals surface area contributed by atoms with Gasteiger partial charge in [-0.25, -0.2) is 0 Å². The first-order chi connectivity index (χ1) is 13.0. The first kappa shape index (κ1) is 18.0. The van der Waals surface area contributed by atoms with Gasteiger partial charge in [0.15, 0.2) is 0 Å². The van der Waals surface area contributed by atoms with Gasteiger partial charge in [-0.2, -0.15) is 0 Å². The summed E-state index contributed by atoms with van der Waals surface area (Å²) in [5.74, 6) is 3.39. The quantitative estimate of drug-likeness (QED) is 0.605. The maximum absolute atomic E-state index is 11.3. The molecule has 146 valence electrons. The van der Waals surface area contributed by atoms with Crippen LogP contribution in [0.25, 0.3) is 6.08 Å². The van der Waals surface area contributed by atoms with Crippen LogP contribution in [0.1, 0.15) is 77.2 Å². The lowest BCUT2D eigenvalue weighted by atomic mass is 9.45. The molecule has 1 nitrogen and oxygen atoms in total. The summed E-state index contributed by atoms with van der Waals surface area (Å²) < 4.78 is 0. The Kier molecular flexibility index (Phi) is 4.31. The topological polar surface area (TPSA) is 20.2 Å². The second-order valence-electron chi connectivity index (χ2n) is 10.7. The second kappa shape index (κ2) is 6.48. The van der Waals surface area contributed by atoms with E-state index in [0.29, 0.717) is 11.3 Å². The van der Waals surface area contributed by atoms with Gasteiger partial charge in [0.05, 0.1) is 6.10 Å². The number of benzene rings is 1. The molecule has 0 heterocycles. The third-order valence-electron chi connectivity index (χ3n) is 9.60. The molecule has 1 heteroatoms. The minimum Gasteiger partial charge on any atom is -0.388 e. The van der Waals surface area contributed by atoms with Crippen molar-refractivity contribution in [2.24, 2.45) is 34.5 Å². The highest BCUT2D eigenvalue weighted by Gasteiger charge is 2.60. The molecule has 5 unspecified atom stereocenters. The summed E-state index contributed by atoms with van der Waals surface area (Å²) in [6.45, 7) is 5.04. The summed E-state index contributed by atoms with van der Waals surface area (Å²) in [7, 11) is 0. The Balaban J connectivity index is 1.46. The van der Waals surface area contributed by atoms with E-state index in [-0.39, 0.29) is 11.5 Å². The van der Waals surface area contributed by atoms with Gasteiger partial charge in [0.1, 0.15) is 0 Å². The van der Waals surface area contributed by atoms with Crippen LogP contribution >= 0.6 is 0 Å². The van der Waals surface area contributed by atoms with E-state index in [9.17, 15) is 5.11 Å². The fraction of sp³-hybridized carbons (Fsp3) is 0.692. The molecule has 0 bridgehead atoms. The zero-order valence-electron chi connectivity index (χ0n) is 17.2. The van der Waals surface area contributed by atoms with Crippen molar-refractivity contribution in [3.63, 3.8) is 0 Å². The molecule has 1 aromatic rings. The zero-order valence-corrected chi connectivity index (χ0v) is 17.2. The molecule has 0 aliphatic heterocycles. The standard InChI is InChI=1S/C26H36O/c1-25-14-7-6-10-20(25)11-12-21-22(25)13-15-26(2)23(21)17-19(24(26)27)16-18-8-4-3-5-9-18/h3-5,8-9,16,20-24,27H,6-7,10-15,17H2,1-2H3/b19-16+/t20?,21?,22?,23?,24?,25-,26-/m1/s1. The Morgan fingerprint density at radius 3 is 2.52 bits per heavy atom. The van der Waals surface area contributed by atoms with E-state index in [4.69, 9.17) is 0 Å². The van der Waals surface area contributed by atoms with E-state index in [2.05, 4.69) is 50.3 Å². The highest BCUT2D eigenvalue weighted by atomic mass is 16.3. The van der Waals surface area contributed by atoms with Crippen molar-refractivity contribution >= 4 is 6.08 Å². The average molecular weight is 365 g/mol. The highest BCUT2D eigenvalue weighted by molar-refractivity contribution is 5.55. The normalized spacial score (nSPS) is 48.0. The predicted octanol–water partition coefficient (Wildman–Crippen LogP) is 6.47. The first-order valence-electron chi connectivity index (χ1n) is 11.5. The lowest BCUT2D eigenvalue weighted by Crippen LogP contribution is -2.53. The summed E-state index contributed by atoms with van der Waals surface area (Å²) in [6.07, 6.45) is 14.4. The van der Waals surface area contributed by atoms with E-state index in [0.717, 1.165) is 24.2 Å². The minimum atomic E-state index is -0.249. The molecule has 4 fully saturated rings. The molecule has 1 N–H and O–H groups in total. The number of aliphatic hydroxyl groups is 1. The Bertz CT molecular complexity index is 721. The summed E-state index contributed by atoms with van der Waals surface area (Å²) in [6, 6.07) is 10.6. The van der Waals surface area contributed by atoms with Gasteiger partial charge in [0, 0.05) is 5.41 Å². The summed E-state index contributed by atoms with van der Waals surface area (Å²) >= 11 is 0. The van der Waals surface area contributed by atoms with Gasteiger partial charge >= 0.3 is 0 Å². The van der Waals surface area contributed by atoms with Crippen LogP contribution < -0.4 is 0 Å². The lowest BCUT2D eigenvalue weighted by molar-refractivity contribution is -0.119. The number of fused-ring (bicyclic) bond motifs is 5. The maximum atomic E-state index is 11.3. The van der Waals surface area contributed by atoms with Gasteiger partial charge < -0.3 is 5.11 Å². The van der Waals surface area contributed by atoms with Gasteiger partial charge in [-0.05, 0) is 85.2 Å². The molecule has 7 atom stereocenters. The van der Waals surface area contributed by atoms with Crippen LogP contribution in [-0.2, 0) is 0 Å². The van der Waals surface area contributed by atoms with Gasteiger partial charge in [0.25, 0.3) is 0 Å². The molecule has 0 amide bonds. The SMILES string of the molecule is C[C@@]12CCC3C(CCC4CCCC[C@]43C)C1C/C(=C\c1ccccc1)C2O. The number of aliphatic hydroxyl groups excluding tert-OH is 1. The van der Waals surface area contributed by atoms with Crippen LogP contribution in [0, 0.1) is 34.5 Å². The molecule has 27 heavy (non-hydrogen) atoms. The number of hydrogen-bond acceptors (Lipinski definition) is 1. The van der Waals surface area contributed by atoms with Gasteiger partial charge in [-0.3, -0.25) is 0 Å². The van der Waals surface area contributed by atoms with E-state index in [1.54, 1.807) is 0 Å². The largest absolute Gasteiger partial charge is 0.388 e. The third-order valence-corrected chi connectivity index (χ3v) is 9.60. The van der Waals surface area contributed by atoms with Crippen LogP contribution in [0.15, 0.2) is 35.9 Å². The molecule has 4 aliphatic rings. The van der Waals surface area contributed by atoms with Crippen molar-refractivity contribution in [3.05, 3.63) is 41.5 Å². The highest BCUT2D eigenvalue weighted by Crippen LogP contribution is 2.67. The fourth-order valence-electron chi connectivity index (χ4n) is 8.06. The summed E-state index contributed by atoms with van der Waals surface area (Å²) in [4.78, 5) is 0. The lowest BCUT2D eigenvalue weighted by Gasteiger charge is -2.60. The van der Waals surface area contributed by atoms with Crippen molar-refractivity contribution < 1.29 is 5.11 Å². The first-order valence-corrected chi connectivity index (χ1v) is 11.5. The average Bonchev–Trinajstić information content (AvgIpc) is 2.93. The van der Waals surface area contributed by atoms with E-state index in [1.165, 1.54) is 62.5 Å². The van der Waals surface area contributed by atoms with Crippen molar-refractivity contribution in [3.8, 4) is 0 Å². The van der Waals surface area contributed by atoms with Crippen molar-refractivity contribution in [2.75, 3.05) is 0 Å². The second-order valence-corrected chi connectivity index (χ2v) is 10.7. The molecule has 4 saturated carbocycles. The summed E-state index contributed by atoms with van der Waals surface area (Å²) in [5.41, 5.74) is 3.22. The molecule has 4 aliphatic carbocycles. The van der Waals surface area contributed by atoms with Gasteiger partial charge in [-0.15, -0.1) is 0 Å². The van der Waals surface area contributed by atoms with E-state index in [1.807, 2.05) is 0 Å². The fourth-order valence-corrected chi connectivity index (χ4v) is 8.06. The smallest absolute Gasteiger partial charge is 0.0809 e. The number of rotatable bonds is 1. The molecule has 5 rings (SSSR count). The van der Waals surface area contributed by atoms with E-state index < -0.39 is 0 Å². The monoisotopic (exact) mass is 364 g/mol. The van der Waals surface area contributed by atoms with Crippen LogP contribution in [0.3, 0.4) is 0 Å². The van der Waals surface area contributed by atoms with Crippen molar-refractivity contribution in [2.45, 2.75) is 77.7 Å². The van der Waals surface area contributed by atoms with Crippen molar-refractivity contribution in [1.82, 2.24) is 0 Å². The van der Waals surface area contributed by atoms with Crippen LogP contribution in [0.2, 0.25) is 0 Å². The van der Waals surface area contributed by atoms with Crippen LogP contribution in [-0.4, -0.2) is 11.2 Å². The molecule has 0 aromatic heterocycles. The Morgan fingerprint density at radius 2 is 1.70 bits per heavy atom. The van der Waals surface area contributed by atoms with Crippen molar-refractivity contribution in [1.29, 1.82) is 0 Å². The molecular formula is C26H36O. The Hall–Kier alpha value is -1.08. The molecule has 0 spiro atoms. The number of hydrogen-bond donors (Lipinski definition) is 1. The minimum absolute atomic E-state index is 0.0969. The summed E-state index contributed by atoms with van der Waals surface area (Å²) in [5, 5.41) is 11.3. The van der Waals surface area contributed by atoms with Crippen LogP contribution in [0.4, 0.5) is 0 Å². The van der Waals surface area contributed by atoms with Gasteiger partial charge in [-0.1, -0.05) is 63.1 Å². The molecular weight excluding hydrogens is 328 g/mol. The Morgan fingerprint density at radius 1 is 0.889 bits per heavy atom. The van der Waals surface area contributed by atoms with Crippen LogP contribution in [0.5, 0.6) is 0 Å². The maximum Gasteiger partial charge on any atom is 0.0809 e. The predicted molar refractivity (Wildman–Crippen MR) is 112 cm³/mol.